The van der Waals surface area contributed by atoms with Crippen LogP contribution in [-0.2, 0) is 18.6 Å². The Morgan fingerprint density at radius 2 is 1.84 bits per heavy atom. The quantitative estimate of drug-likeness (QED) is 0.478. The molecule has 0 aromatic heterocycles. The third-order valence-electron chi connectivity index (χ3n) is 3.36. The smallest absolute Gasteiger partial charge is 0.328 e. The highest BCUT2D eigenvalue weighted by molar-refractivity contribution is 7.17. The van der Waals surface area contributed by atoms with Crippen LogP contribution in [0.2, 0.25) is 0 Å². The highest BCUT2D eigenvalue weighted by atomic mass is 31.1. The molecule has 1 rings (SSSR count). The van der Waals surface area contributed by atoms with E-state index in [-0.39, 0.29) is 11.9 Å². The molecule has 0 aliphatic heterocycles. The molecule has 19 heavy (non-hydrogen) atoms. The highest BCUT2D eigenvalue weighted by Gasteiger charge is 2.38. The predicted octanol–water partition coefficient (Wildman–Crippen LogP) is 3.03. The molecular weight excluding hydrogens is 265 g/mol. The van der Waals surface area contributed by atoms with Crippen molar-refractivity contribution in [3.63, 3.8) is 0 Å². The Bertz CT molecular complexity index is 310. The summed E-state index contributed by atoms with van der Waals surface area (Å²) in [5.74, 6) is -0.739. The van der Waals surface area contributed by atoms with Gasteiger partial charge >= 0.3 is 14.7 Å². The van der Waals surface area contributed by atoms with Crippen molar-refractivity contribution in [2.75, 3.05) is 0 Å². The topological polar surface area (TPSA) is 78.6 Å². The molecule has 5 nitrogen and oxygen atoms in total. The van der Waals surface area contributed by atoms with E-state index >= 15 is 0 Å². The van der Waals surface area contributed by atoms with Crippen LogP contribution in [0.3, 0.4) is 0 Å². The van der Waals surface area contributed by atoms with Gasteiger partial charge in [0.15, 0.2) is 0 Å². The van der Waals surface area contributed by atoms with E-state index in [1.807, 2.05) is 20.8 Å². The molecule has 6 heteroatoms. The van der Waals surface area contributed by atoms with Crippen molar-refractivity contribution in [2.24, 2.45) is 17.6 Å². The SMILES string of the molecule is CC(C)(C)OC(=O)C(C1CCCCC1)C(N)OP=O. The Morgan fingerprint density at radius 1 is 1.26 bits per heavy atom. The summed E-state index contributed by atoms with van der Waals surface area (Å²) < 4.78 is 20.9. The summed E-state index contributed by atoms with van der Waals surface area (Å²) in [5, 5.41) is 0. The van der Waals surface area contributed by atoms with Gasteiger partial charge in [-0.05, 0) is 39.5 Å². The van der Waals surface area contributed by atoms with Crippen LogP contribution in [0.15, 0.2) is 0 Å². The van der Waals surface area contributed by atoms with Gasteiger partial charge in [-0.3, -0.25) is 9.32 Å². The number of rotatable bonds is 5. The molecule has 1 saturated carbocycles. The van der Waals surface area contributed by atoms with Crippen LogP contribution in [0.25, 0.3) is 0 Å². The van der Waals surface area contributed by atoms with Crippen molar-refractivity contribution in [2.45, 2.75) is 64.7 Å². The van der Waals surface area contributed by atoms with E-state index in [2.05, 4.69) is 0 Å². The van der Waals surface area contributed by atoms with E-state index in [0.717, 1.165) is 25.7 Å². The van der Waals surface area contributed by atoms with Crippen LogP contribution in [0.4, 0.5) is 0 Å². The normalized spacial score (nSPS) is 21.1. The lowest BCUT2D eigenvalue weighted by molar-refractivity contribution is -0.166. The molecule has 1 aliphatic carbocycles. The number of hydrogen-bond acceptors (Lipinski definition) is 5. The number of carbonyl (C=O) groups excluding carboxylic acids is 1. The standard InChI is InChI=1S/C13H24NO4P/c1-13(2,3)17-12(15)10(11(14)18-19-16)9-7-5-4-6-8-9/h9-11H,4-8,14H2,1-3H3. The summed E-state index contributed by atoms with van der Waals surface area (Å²) >= 11 is 0. The number of ether oxygens (including phenoxy) is 1. The molecule has 2 atom stereocenters. The summed E-state index contributed by atoms with van der Waals surface area (Å²) in [4.78, 5) is 12.3. The van der Waals surface area contributed by atoms with Gasteiger partial charge in [-0.15, -0.1) is 0 Å². The fourth-order valence-electron chi connectivity index (χ4n) is 2.57. The minimum Gasteiger partial charge on any atom is -0.460 e. The van der Waals surface area contributed by atoms with Crippen LogP contribution in [0.5, 0.6) is 0 Å². The van der Waals surface area contributed by atoms with Crippen molar-refractivity contribution in [1.29, 1.82) is 0 Å². The van der Waals surface area contributed by atoms with E-state index in [1.54, 1.807) is 0 Å². The summed E-state index contributed by atoms with van der Waals surface area (Å²) in [6, 6.07) is 0. The van der Waals surface area contributed by atoms with Crippen LogP contribution in [0, 0.1) is 11.8 Å². The summed E-state index contributed by atoms with van der Waals surface area (Å²) in [6.07, 6.45) is 4.37. The van der Waals surface area contributed by atoms with Crippen molar-refractivity contribution in [3.05, 3.63) is 0 Å². The summed E-state index contributed by atoms with van der Waals surface area (Å²) in [7, 11) is -0.501. The van der Waals surface area contributed by atoms with Crippen molar-refractivity contribution >= 4 is 14.7 Å². The molecule has 1 aliphatic rings. The number of esters is 1. The van der Waals surface area contributed by atoms with Crippen LogP contribution in [0.1, 0.15) is 52.9 Å². The van der Waals surface area contributed by atoms with Crippen molar-refractivity contribution in [3.8, 4) is 0 Å². The first-order valence-corrected chi connectivity index (χ1v) is 7.55. The van der Waals surface area contributed by atoms with E-state index in [1.165, 1.54) is 6.42 Å². The first-order valence-electron chi connectivity index (χ1n) is 6.82. The van der Waals surface area contributed by atoms with Crippen LogP contribution in [-0.4, -0.2) is 17.8 Å². The van der Waals surface area contributed by atoms with E-state index in [4.69, 9.17) is 15.0 Å². The Balaban J connectivity index is 2.78. The van der Waals surface area contributed by atoms with Crippen LogP contribution >= 0.6 is 8.69 Å². The molecule has 2 N–H and O–H groups in total. The van der Waals surface area contributed by atoms with Gasteiger partial charge in [0.05, 0.1) is 5.92 Å². The Morgan fingerprint density at radius 3 is 2.32 bits per heavy atom. The molecule has 0 heterocycles. The van der Waals surface area contributed by atoms with Gasteiger partial charge in [-0.1, -0.05) is 19.3 Å². The largest absolute Gasteiger partial charge is 0.460 e. The second-order valence-corrected chi connectivity index (χ2v) is 6.46. The maximum Gasteiger partial charge on any atom is 0.328 e. The van der Waals surface area contributed by atoms with Gasteiger partial charge in [0.25, 0.3) is 0 Å². The molecule has 0 saturated heterocycles. The average molecular weight is 289 g/mol. The Kier molecular flexibility index (Phi) is 6.37. The third-order valence-corrected chi connectivity index (χ3v) is 3.68. The molecule has 110 valence electrons. The zero-order valence-electron chi connectivity index (χ0n) is 11.9. The fraction of sp³-hybridized carbons (Fsp3) is 0.923. The van der Waals surface area contributed by atoms with Gasteiger partial charge < -0.3 is 10.5 Å². The lowest BCUT2D eigenvalue weighted by atomic mass is 9.79. The lowest BCUT2D eigenvalue weighted by Gasteiger charge is -2.33. The zero-order valence-corrected chi connectivity index (χ0v) is 12.8. The second kappa shape index (κ2) is 7.32. The lowest BCUT2D eigenvalue weighted by Crippen LogP contribution is -2.44. The predicted molar refractivity (Wildman–Crippen MR) is 72.6 cm³/mol. The number of hydrogen-bond donors (Lipinski definition) is 1. The summed E-state index contributed by atoms with van der Waals surface area (Å²) in [5.41, 5.74) is 5.29. The first kappa shape index (κ1) is 16.5. The molecule has 0 amide bonds. The van der Waals surface area contributed by atoms with E-state index < -0.39 is 26.4 Å². The van der Waals surface area contributed by atoms with Gasteiger partial charge in [0.2, 0.25) is 0 Å². The maximum absolute atomic E-state index is 12.3. The first-order chi connectivity index (χ1) is 8.85. The molecular formula is C13H24NO4P. The molecule has 0 spiro atoms. The van der Waals surface area contributed by atoms with Crippen molar-refractivity contribution < 1.29 is 18.6 Å². The minimum atomic E-state index is -0.878. The number of carbonyl (C=O) groups is 1. The van der Waals surface area contributed by atoms with Gasteiger partial charge in [-0.2, -0.15) is 0 Å². The molecule has 0 radical (unpaired) electrons. The van der Waals surface area contributed by atoms with Crippen LogP contribution < -0.4 is 5.73 Å². The maximum atomic E-state index is 12.3. The Hall–Kier alpha value is -0.510. The van der Waals surface area contributed by atoms with E-state index in [0.29, 0.717) is 0 Å². The highest BCUT2D eigenvalue weighted by Crippen LogP contribution is 2.34. The molecule has 0 bridgehead atoms. The molecule has 0 aromatic carbocycles. The fourth-order valence-corrected chi connectivity index (χ4v) is 2.80. The average Bonchev–Trinajstić information content (AvgIpc) is 2.28. The molecule has 2 unspecified atom stereocenters. The summed E-state index contributed by atoms with van der Waals surface area (Å²) in [6.45, 7) is 5.46. The zero-order chi connectivity index (χ0) is 14.5. The Labute approximate surface area is 116 Å². The molecule has 1 fully saturated rings. The van der Waals surface area contributed by atoms with Gasteiger partial charge in [0.1, 0.15) is 11.8 Å². The van der Waals surface area contributed by atoms with Gasteiger partial charge in [-0.25, -0.2) is 4.57 Å². The second-order valence-electron chi connectivity index (χ2n) is 6.10. The van der Waals surface area contributed by atoms with Crippen molar-refractivity contribution in [1.82, 2.24) is 0 Å². The number of nitrogens with two attached hydrogens (primary N) is 1. The minimum absolute atomic E-state index is 0.153. The van der Waals surface area contributed by atoms with E-state index in [9.17, 15) is 9.36 Å². The molecule has 0 aromatic rings. The monoisotopic (exact) mass is 289 g/mol. The third kappa shape index (κ3) is 5.55. The van der Waals surface area contributed by atoms with Gasteiger partial charge in [0, 0.05) is 0 Å².